The molecule has 2 nitrogen and oxygen atoms in total. The summed E-state index contributed by atoms with van der Waals surface area (Å²) < 4.78 is 14.1. The summed E-state index contributed by atoms with van der Waals surface area (Å²) in [6, 6.07) is 12.2. The molecule has 2 aromatic carbocycles. The van der Waals surface area contributed by atoms with Crippen LogP contribution in [-0.2, 0) is 6.54 Å². The van der Waals surface area contributed by atoms with Gasteiger partial charge < -0.3 is 11.1 Å². The maximum atomic E-state index is 13.0. The highest BCUT2D eigenvalue weighted by molar-refractivity contribution is 9.10. The van der Waals surface area contributed by atoms with E-state index in [9.17, 15) is 4.39 Å². The molecule has 4 heteroatoms. The number of rotatable bonds is 3. The van der Waals surface area contributed by atoms with Crippen molar-refractivity contribution in [3.8, 4) is 0 Å². The third-order valence-corrected chi connectivity index (χ3v) is 2.94. The van der Waals surface area contributed by atoms with Gasteiger partial charge in [-0.25, -0.2) is 4.39 Å². The lowest BCUT2D eigenvalue weighted by molar-refractivity contribution is 0.628. The van der Waals surface area contributed by atoms with Gasteiger partial charge in [0.1, 0.15) is 5.82 Å². The fraction of sp³-hybridized carbons (Fsp3) is 0.0769. The van der Waals surface area contributed by atoms with Gasteiger partial charge in [-0.3, -0.25) is 0 Å². The van der Waals surface area contributed by atoms with E-state index in [4.69, 9.17) is 5.73 Å². The summed E-state index contributed by atoms with van der Waals surface area (Å²) in [5.41, 5.74) is 8.01. The van der Waals surface area contributed by atoms with Gasteiger partial charge >= 0.3 is 0 Å². The summed E-state index contributed by atoms with van der Waals surface area (Å²) >= 11 is 3.37. The number of hydrogen-bond donors (Lipinski definition) is 2. The van der Waals surface area contributed by atoms with Gasteiger partial charge in [-0.2, -0.15) is 0 Å². The summed E-state index contributed by atoms with van der Waals surface area (Å²) in [7, 11) is 0. The minimum absolute atomic E-state index is 0.294. The van der Waals surface area contributed by atoms with Gasteiger partial charge in [0, 0.05) is 11.0 Å². The lowest BCUT2D eigenvalue weighted by Crippen LogP contribution is -2.02. The number of nitrogens with one attached hydrogen (secondary N) is 1. The second-order valence-corrected chi connectivity index (χ2v) is 4.63. The summed E-state index contributed by atoms with van der Waals surface area (Å²) in [5, 5.41) is 3.11. The third kappa shape index (κ3) is 3.20. The molecular formula is C13H12BrFN2. The van der Waals surface area contributed by atoms with Gasteiger partial charge in [-0.15, -0.1) is 0 Å². The van der Waals surface area contributed by atoms with Crippen LogP contribution in [0.15, 0.2) is 46.9 Å². The standard InChI is InChI=1S/C13H12BrFN2/c14-10-3-1-9(2-4-10)8-17-13-7-11(15)5-6-12(13)16/h1-7,17H,8,16H2. The van der Waals surface area contributed by atoms with Crippen LogP contribution in [0.1, 0.15) is 5.56 Å². The van der Waals surface area contributed by atoms with E-state index in [0.717, 1.165) is 10.0 Å². The van der Waals surface area contributed by atoms with E-state index in [-0.39, 0.29) is 5.82 Å². The van der Waals surface area contributed by atoms with Crippen molar-refractivity contribution in [1.82, 2.24) is 0 Å². The van der Waals surface area contributed by atoms with E-state index < -0.39 is 0 Å². The number of benzene rings is 2. The SMILES string of the molecule is Nc1ccc(F)cc1NCc1ccc(Br)cc1. The van der Waals surface area contributed by atoms with Gasteiger partial charge in [-0.05, 0) is 35.9 Å². The van der Waals surface area contributed by atoms with E-state index in [2.05, 4.69) is 21.2 Å². The molecule has 0 heterocycles. The Labute approximate surface area is 108 Å². The van der Waals surface area contributed by atoms with Gasteiger partial charge in [-0.1, -0.05) is 28.1 Å². The second kappa shape index (κ2) is 5.19. The molecular weight excluding hydrogens is 283 g/mol. The average molecular weight is 295 g/mol. The molecule has 0 radical (unpaired) electrons. The lowest BCUT2D eigenvalue weighted by Gasteiger charge is -2.09. The van der Waals surface area contributed by atoms with E-state index in [1.165, 1.54) is 12.1 Å². The van der Waals surface area contributed by atoms with E-state index in [1.54, 1.807) is 6.07 Å². The molecule has 0 spiro atoms. The normalized spacial score (nSPS) is 10.2. The van der Waals surface area contributed by atoms with Crippen LogP contribution in [0, 0.1) is 5.82 Å². The molecule has 0 aliphatic heterocycles. The number of anilines is 2. The van der Waals surface area contributed by atoms with Gasteiger partial charge in [0.15, 0.2) is 0 Å². The highest BCUT2D eigenvalue weighted by Gasteiger charge is 2.00. The molecule has 0 saturated heterocycles. The van der Waals surface area contributed by atoms with Crippen LogP contribution in [0.2, 0.25) is 0 Å². The zero-order valence-corrected chi connectivity index (χ0v) is 10.7. The topological polar surface area (TPSA) is 38.0 Å². The zero-order valence-electron chi connectivity index (χ0n) is 9.08. The molecule has 17 heavy (non-hydrogen) atoms. The minimum Gasteiger partial charge on any atom is -0.397 e. The van der Waals surface area contributed by atoms with Gasteiger partial charge in [0.2, 0.25) is 0 Å². The van der Waals surface area contributed by atoms with E-state index in [1.807, 2.05) is 24.3 Å². The highest BCUT2D eigenvalue weighted by atomic mass is 79.9. The molecule has 0 atom stereocenters. The van der Waals surface area contributed by atoms with Crippen molar-refractivity contribution < 1.29 is 4.39 Å². The Bertz CT molecular complexity index is 511. The molecule has 0 bridgehead atoms. The van der Waals surface area contributed by atoms with Crippen LogP contribution in [0.4, 0.5) is 15.8 Å². The molecule has 0 amide bonds. The predicted octanol–water partition coefficient (Wildman–Crippen LogP) is 3.78. The maximum Gasteiger partial charge on any atom is 0.125 e. The fourth-order valence-corrected chi connectivity index (χ4v) is 1.75. The summed E-state index contributed by atoms with van der Waals surface area (Å²) in [5.74, 6) is -0.294. The quantitative estimate of drug-likeness (QED) is 0.846. The van der Waals surface area contributed by atoms with Crippen LogP contribution in [0.5, 0.6) is 0 Å². The Morgan fingerprint density at radius 2 is 1.82 bits per heavy atom. The molecule has 3 N–H and O–H groups in total. The van der Waals surface area contributed by atoms with Gasteiger partial charge in [0.05, 0.1) is 11.4 Å². The molecule has 2 aromatic rings. The monoisotopic (exact) mass is 294 g/mol. The van der Waals surface area contributed by atoms with Crippen molar-refractivity contribution >= 4 is 27.3 Å². The highest BCUT2D eigenvalue weighted by Crippen LogP contribution is 2.20. The van der Waals surface area contributed by atoms with Crippen molar-refractivity contribution in [3.05, 3.63) is 58.3 Å². The van der Waals surface area contributed by atoms with E-state index >= 15 is 0 Å². The van der Waals surface area contributed by atoms with Crippen LogP contribution >= 0.6 is 15.9 Å². The molecule has 0 aliphatic carbocycles. The zero-order chi connectivity index (χ0) is 12.3. The summed E-state index contributed by atoms with van der Waals surface area (Å²) in [6.45, 7) is 0.612. The smallest absolute Gasteiger partial charge is 0.125 e. The number of halogens is 2. The van der Waals surface area contributed by atoms with Crippen molar-refractivity contribution in [1.29, 1.82) is 0 Å². The molecule has 88 valence electrons. The predicted molar refractivity (Wildman–Crippen MR) is 72.3 cm³/mol. The summed E-state index contributed by atoms with van der Waals surface area (Å²) in [6.07, 6.45) is 0. The molecule has 0 aliphatic rings. The van der Waals surface area contributed by atoms with Crippen molar-refractivity contribution in [2.45, 2.75) is 6.54 Å². The minimum atomic E-state index is -0.294. The molecule has 0 unspecified atom stereocenters. The Kier molecular flexibility index (Phi) is 3.64. The first-order valence-electron chi connectivity index (χ1n) is 5.18. The maximum absolute atomic E-state index is 13.0. The first-order valence-corrected chi connectivity index (χ1v) is 5.98. The molecule has 0 aromatic heterocycles. The van der Waals surface area contributed by atoms with Crippen molar-refractivity contribution in [2.24, 2.45) is 0 Å². The van der Waals surface area contributed by atoms with Crippen LogP contribution in [-0.4, -0.2) is 0 Å². The average Bonchev–Trinajstić information content (AvgIpc) is 2.32. The second-order valence-electron chi connectivity index (χ2n) is 3.71. The van der Waals surface area contributed by atoms with Crippen LogP contribution < -0.4 is 11.1 Å². The molecule has 0 fully saturated rings. The molecule has 0 saturated carbocycles. The Balaban J connectivity index is 2.07. The molecule has 2 rings (SSSR count). The Morgan fingerprint density at radius 3 is 2.53 bits per heavy atom. The van der Waals surface area contributed by atoms with Crippen molar-refractivity contribution in [3.63, 3.8) is 0 Å². The summed E-state index contributed by atoms with van der Waals surface area (Å²) in [4.78, 5) is 0. The van der Waals surface area contributed by atoms with Gasteiger partial charge in [0.25, 0.3) is 0 Å². The first-order chi connectivity index (χ1) is 8.15. The van der Waals surface area contributed by atoms with E-state index in [0.29, 0.717) is 17.9 Å². The fourth-order valence-electron chi connectivity index (χ4n) is 1.48. The largest absolute Gasteiger partial charge is 0.397 e. The Morgan fingerprint density at radius 1 is 1.12 bits per heavy atom. The van der Waals surface area contributed by atoms with Crippen LogP contribution in [0.25, 0.3) is 0 Å². The lowest BCUT2D eigenvalue weighted by atomic mass is 10.2. The number of nitrogen functional groups attached to an aromatic ring is 1. The van der Waals surface area contributed by atoms with Crippen molar-refractivity contribution in [2.75, 3.05) is 11.1 Å². The van der Waals surface area contributed by atoms with Crippen LogP contribution in [0.3, 0.4) is 0 Å². The third-order valence-electron chi connectivity index (χ3n) is 2.41. The number of hydrogen-bond acceptors (Lipinski definition) is 2. The first kappa shape index (κ1) is 11.9. The Hall–Kier alpha value is -1.55. The number of nitrogens with two attached hydrogens (primary N) is 1.